The second-order valence-electron chi connectivity index (χ2n) is 7.07. The van der Waals surface area contributed by atoms with Crippen molar-refractivity contribution in [1.29, 1.82) is 0 Å². The molecule has 1 aromatic rings. The Hall–Kier alpha value is -1.45. The van der Waals surface area contributed by atoms with Gasteiger partial charge in [-0.15, -0.1) is 11.3 Å². The van der Waals surface area contributed by atoms with Gasteiger partial charge >= 0.3 is 0 Å². The SMILES string of the molecule is CN1C(=O)CC(C(=O)N2CCN(CCS(C)(=O)=O)CC2)C1c1cccs1. The molecular weight excluding hydrogens is 374 g/mol. The summed E-state index contributed by atoms with van der Waals surface area (Å²) in [5, 5.41) is 1.97. The molecule has 7 nitrogen and oxygen atoms in total. The number of thiophene rings is 1. The number of amides is 2. The zero-order valence-electron chi connectivity index (χ0n) is 15.1. The molecule has 0 bridgehead atoms. The van der Waals surface area contributed by atoms with Crippen LogP contribution in [0.25, 0.3) is 0 Å². The highest BCUT2D eigenvalue weighted by Crippen LogP contribution is 2.40. The Kier molecular flexibility index (Phi) is 5.69. The molecule has 2 aliphatic heterocycles. The highest BCUT2D eigenvalue weighted by atomic mass is 32.2. The van der Waals surface area contributed by atoms with Gasteiger partial charge in [0.15, 0.2) is 0 Å². The number of nitrogens with zero attached hydrogens (tertiary/aromatic N) is 3. The van der Waals surface area contributed by atoms with E-state index in [2.05, 4.69) is 4.90 Å². The molecule has 2 amide bonds. The van der Waals surface area contributed by atoms with Crippen LogP contribution in [-0.2, 0) is 19.4 Å². The predicted octanol–water partition coefficient (Wildman–Crippen LogP) is 0.456. The average Bonchev–Trinajstić information content (AvgIpc) is 3.21. The Labute approximate surface area is 158 Å². The van der Waals surface area contributed by atoms with Gasteiger partial charge in [0.05, 0.1) is 17.7 Å². The van der Waals surface area contributed by atoms with Gasteiger partial charge in [-0.25, -0.2) is 8.42 Å². The summed E-state index contributed by atoms with van der Waals surface area (Å²) in [6.45, 7) is 2.99. The lowest BCUT2D eigenvalue weighted by atomic mass is 9.97. The van der Waals surface area contributed by atoms with E-state index in [9.17, 15) is 18.0 Å². The van der Waals surface area contributed by atoms with Gasteiger partial charge in [-0.2, -0.15) is 0 Å². The Morgan fingerprint density at radius 2 is 1.96 bits per heavy atom. The summed E-state index contributed by atoms with van der Waals surface area (Å²) in [7, 11) is -1.21. The fraction of sp³-hybridized carbons (Fsp3) is 0.647. The molecule has 26 heavy (non-hydrogen) atoms. The topological polar surface area (TPSA) is 78.0 Å². The van der Waals surface area contributed by atoms with Gasteiger partial charge in [-0.1, -0.05) is 6.07 Å². The molecule has 1 aromatic heterocycles. The second-order valence-corrected chi connectivity index (χ2v) is 10.3. The average molecular weight is 400 g/mol. The molecule has 2 atom stereocenters. The van der Waals surface area contributed by atoms with Crippen LogP contribution in [0.1, 0.15) is 17.3 Å². The lowest BCUT2D eigenvalue weighted by Gasteiger charge is -2.36. The normalized spacial score (nSPS) is 25.1. The van der Waals surface area contributed by atoms with Crippen LogP contribution in [0.2, 0.25) is 0 Å². The summed E-state index contributed by atoms with van der Waals surface area (Å²) in [6, 6.07) is 3.74. The first-order chi connectivity index (χ1) is 12.3. The van der Waals surface area contributed by atoms with Crippen LogP contribution in [0.15, 0.2) is 17.5 Å². The molecule has 144 valence electrons. The van der Waals surface area contributed by atoms with Crippen LogP contribution in [0.4, 0.5) is 0 Å². The van der Waals surface area contributed by atoms with Crippen molar-refractivity contribution in [2.24, 2.45) is 5.92 Å². The Balaban J connectivity index is 1.62. The zero-order valence-corrected chi connectivity index (χ0v) is 16.8. The van der Waals surface area contributed by atoms with Crippen LogP contribution in [0.5, 0.6) is 0 Å². The fourth-order valence-corrected chi connectivity index (χ4v) is 5.18. The third-order valence-electron chi connectivity index (χ3n) is 5.20. The molecule has 3 rings (SSSR count). The first-order valence-corrected chi connectivity index (χ1v) is 11.7. The number of hydrogen-bond donors (Lipinski definition) is 0. The summed E-state index contributed by atoms with van der Waals surface area (Å²) in [4.78, 5) is 31.9. The van der Waals surface area contributed by atoms with Crippen molar-refractivity contribution < 1.29 is 18.0 Å². The Morgan fingerprint density at radius 3 is 2.54 bits per heavy atom. The van der Waals surface area contributed by atoms with E-state index in [1.807, 2.05) is 22.4 Å². The number of likely N-dealkylation sites (tertiary alicyclic amines) is 1. The number of hydrogen-bond acceptors (Lipinski definition) is 6. The lowest BCUT2D eigenvalue weighted by Crippen LogP contribution is -2.51. The van der Waals surface area contributed by atoms with E-state index in [1.165, 1.54) is 6.26 Å². The summed E-state index contributed by atoms with van der Waals surface area (Å²) >= 11 is 1.57. The van der Waals surface area contributed by atoms with Crippen LogP contribution in [0, 0.1) is 5.92 Å². The second kappa shape index (κ2) is 7.66. The Morgan fingerprint density at radius 1 is 1.27 bits per heavy atom. The predicted molar refractivity (Wildman–Crippen MR) is 101 cm³/mol. The molecule has 0 aromatic carbocycles. The molecule has 3 heterocycles. The number of carbonyl (C=O) groups is 2. The van der Waals surface area contributed by atoms with Crippen LogP contribution < -0.4 is 0 Å². The fourth-order valence-electron chi connectivity index (χ4n) is 3.66. The van der Waals surface area contributed by atoms with E-state index in [-0.39, 0.29) is 35.9 Å². The highest BCUT2D eigenvalue weighted by Gasteiger charge is 2.44. The third kappa shape index (κ3) is 4.27. The van der Waals surface area contributed by atoms with E-state index in [0.717, 1.165) is 4.88 Å². The minimum atomic E-state index is -2.98. The molecule has 0 spiro atoms. The number of sulfone groups is 1. The van der Waals surface area contributed by atoms with Crippen LogP contribution >= 0.6 is 11.3 Å². The molecular formula is C17H25N3O4S2. The van der Waals surface area contributed by atoms with Gasteiger partial charge in [0, 0.05) is 57.3 Å². The van der Waals surface area contributed by atoms with Crippen molar-refractivity contribution in [2.45, 2.75) is 12.5 Å². The van der Waals surface area contributed by atoms with Crippen molar-refractivity contribution in [3.05, 3.63) is 22.4 Å². The first-order valence-electron chi connectivity index (χ1n) is 8.74. The lowest BCUT2D eigenvalue weighted by molar-refractivity contribution is -0.138. The molecule has 9 heteroatoms. The number of rotatable bonds is 5. The van der Waals surface area contributed by atoms with Gasteiger partial charge in [0.1, 0.15) is 9.84 Å². The van der Waals surface area contributed by atoms with Crippen molar-refractivity contribution >= 4 is 33.0 Å². The number of piperazine rings is 1. The highest BCUT2D eigenvalue weighted by molar-refractivity contribution is 7.90. The van der Waals surface area contributed by atoms with E-state index in [4.69, 9.17) is 0 Å². The smallest absolute Gasteiger partial charge is 0.228 e. The number of carbonyl (C=O) groups excluding carboxylic acids is 2. The third-order valence-corrected chi connectivity index (χ3v) is 7.07. The maximum absolute atomic E-state index is 13.1. The monoisotopic (exact) mass is 399 g/mol. The van der Waals surface area contributed by atoms with Crippen molar-refractivity contribution in [3.63, 3.8) is 0 Å². The van der Waals surface area contributed by atoms with Gasteiger partial charge in [0.2, 0.25) is 11.8 Å². The minimum absolute atomic E-state index is 0.00791. The van der Waals surface area contributed by atoms with E-state index in [1.54, 1.807) is 23.3 Å². The molecule has 2 aliphatic rings. The molecule has 0 saturated carbocycles. The summed E-state index contributed by atoms with van der Waals surface area (Å²) in [6.07, 6.45) is 1.50. The van der Waals surface area contributed by atoms with Crippen molar-refractivity contribution in [2.75, 3.05) is 51.8 Å². The molecule has 0 radical (unpaired) electrons. The summed E-state index contributed by atoms with van der Waals surface area (Å²) in [5.41, 5.74) is 0. The van der Waals surface area contributed by atoms with Gasteiger partial charge in [0.25, 0.3) is 0 Å². The summed E-state index contributed by atoms with van der Waals surface area (Å²) < 4.78 is 22.6. The Bertz CT molecular complexity index is 755. The van der Waals surface area contributed by atoms with Crippen molar-refractivity contribution in [1.82, 2.24) is 14.7 Å². The van der Waals surface area contributed by atoms with E-state index in [0.29, 0.717) is 32.7 Å². The molecule has 2 saturated heterocycles. The quantitative estimate of drug-likeness (QED) is 0.719. The maximum Gasteiger partial charge on any atom is 0.228 e. The summed E-state index contributed by atoms with van der Waals surface area (Å²) in [5.74, 6) is -0.158. The van der Waals surface area contributed by atoms with Gasteiger partial charge < -0.3 is 9.80 Å². The molecule has 2 fully saturated rings. The molecule has 0 N–H and O–H groups in total. The maximum atomic E-state index is 13.1. The standard InChI is InChI=1S/C17H25N3O4S2/c1-18-15(21)12-13(16(18)14-4-3-10-25-14)17(22)20-7-5-19(6-8-20)9-11-26(2,23)24/h3-4,10,13,16H,5-9,11-12H2,1-2H3. The van der Waals surface area contributed by atoms with Crippen LogP contribution in [-0.4, -0.2) is 86.7 Å². The van der Waals surface area contributed by atoms with Gasteiger partial charge in [-0.05, 0) is 11.4 Å². The van der Waals surface area contributed by atoms with E-state index >= 15 is 0 Å². The van der Waals surface area contributed by atoms with Gasteiger partial charge in [-0.3, -0.25) is 14.5 Å². The van der Waals surface area contributed by atoms with Crippen molar-refractivity contribution in [3.8, 4) is 0 Å². The first kappa shape index (κ1) is 19.3. The molecule has 0 aliphatic carbocycles. The molecule has 2 unspecified atom stereocenters. The van der Waals surface area contributed by atoms with E-state index < -0.39 is 9.84 Å². The zero-order chi connectivity index (χ0) is 18.9. The largest absolute Gasteiger partial charge is 0.340 e. The minimum Gasteiger partial charge on any atom is -0.340 e. The van der Waals surface area contributed by atoms with Crippen LogP contribution in [0.3, 0.4) is 0 Å².